The van der Waals surface area contributed by atoms with Crippen molar-refractivity contribution in [2.45, 2.75) is 52.6 Å². The number of benzene rings is 2. The molecule has 2 N–H and O–H groups in total. The van der Waals surface area contributed by atoms with Gasteiger partial charge in [-0.1, -0.05) is 57.5 Å². The van der Waals surface area contributed by atoms with Crippen molar-refractivity contribution in [2.24, 2.45) is 0 Å². The summed E-state index contributed by atoms with van der Waals surface area (Å²) in [6, 6.07) is 14.7. The molecule has 0 aliphatic carbocycles. The Labute approximate surface area is 167 Å². The molecule has 5 heteroatoms. The zero-order chi connectivity index (χ0) is 20.5. The van der Waals surface area contributed by atoms with Gasteiger partial charge in [-0.15, -0.1) is 0 Å². The van der Waals surface area contributed by atoms with Crippen LogP contribution in [-0.2, 0) is 4.79 Å². The Bertz CT molecular complexity index is 802. The minimum atomic E-state index is -0.698. The monoisotopic (exact) mass is 382 g/mol. The van der Waals surface area contributed by atoms with Gasteiger partial charge in [0, 0.05) is 6.54 Å². The fraction of sp³-hybridized carbons (Fsp3) is 0.391. The number of hydrogen-bond acceptors (Lipinski definition) is 3. The highest BCUT2D eigenvalue weighted by atomic mass is 16.5. The van der Waals surface area contributed by atoms with Crippen molar-refractivity contribution in [1.29, 1.82) is 0 Å². The van der Waals surface area contributed by atoms with Crippen LogP contribution in [0.25, 0.3) is 0 Å². The van der Waals surface area contributed by atoms with Crippen molar-refractivity contribution in [3.63, 3.8) is 0 Å². The smallest absolute Gasteiger partial charge is 0.265 e. The molecular formula is C23H30N2O3. The molecule has 0 spiro atoms. The number of carbonyl (C=O) groups is 2. The van der Waals surface area contributed by atoms with Crippen LogP contribution in [0.5, 0.6) is 5.75 Å². The summed E-state index contributed by atoms with van der Waals surface area (Å²) in [5, 5.41) is 5.71. The van der Waals surface area contributed by atoms with Crippen molar-refractivity contribution in [3.05, 3.63) is 59.7 Å². The van der Waals surface area contributed by atoms with Gasteiger partial charge in [-0.3, -0.25) is 9.59 Å². The van der Waals surface area contributed by atoms with E-state index in [-0.39, 0.29) is 11.8 Å². The first-order valence-corrected chi connectivity index (χ1v) is 9.87. The summed E-state index contributed by atoms with van der Waals surface area (Å²) in [6.07, 6.45) is 1.22. The summed E-state index contributed by atoms with van der Waals surface area (Å²) in [7, 11) is 0. The van der Waals surface area contributed by atoms with E-state index >= 15 is 0 Å². The Hall–Kier alpha value is -2.82. The lowest BCUT2D eigenvalue weighted by molar-refractivity contribution is -0.122. The van der Waals surface area contributed by atoms with Gasteiger partial charge in [-0.2, -0.15) is 0 Å². The summed E-state index contributed by atoms with van der Waals surface area (Å²) >= 11 is 0. The van der Waals surface area contributed by atoms with E-state index in [2.05, 4.69) is 31.4 Å². The Morgan fingerprint density at radius 1 is 1.00 bits per heavy atom. The number of hydrogen-bond donors (Lipinski definition) is 2. The molecule has 2 amide bonds. The van der Waals surface area contributed by atoms with Crippen molar-refractivity contribution >= 4 is 17.5 Å². The molecule has 2 aromatic rings. The van der Waals surface area contributed by atoms with E-state index in [4.69, 9.17) is 4.74 Å². The molecule has 5 nitrogen and oxygen atoms in total. The van der Waals surface area contributed by atoms with E-state index in [0.717, 1.165) is 18.4 Å². The van der Waals surface area contributed by atoms with Gasteiger partial charge in [0.25, 0.3) is 11.8 Å². The highest BCUT2D eigenvalue weighted by molar-refractivity contribution is 6.04. The third kappa shape index (κ3) is 5.84. The predicted molar refractivity (Wildman–Crippen MR) is 113 cm³/mol. The molecule has 0 heterocycles. The van der Waals surface area contributed by atoms with Gasteiger partial charge >= 0.3 is 0 Å². The second-order valence-corrected chi connectivity index (χ2v) is 7.10. The third-order valence-electron chi connectivity index (χ3n) is 4.46. The second-order valence-electron chi connectivity index (χ2n) is 7.10. The molecule has 0 aliphatic heterocycles. The molecule has 1 atom stereocenters. The molecule has 0 saturated heterocycles. The van der Waals surface area contributed by atoms with Gasteiger partial charge in [0.05, 0.1) is 11.3 Å². The van der Waals surface area contributed by atoms with E-state index in [1.807, 2.05) is 24.3 Å². The van der Waals surface area contributed by atoms with Gasteiger partial charge in [-0.05, 0) is 43.0 Å². The van der Waals surface area contributed by atoms with E-state index in [9.17, 15) is 9.59 Å². The van der Waals surface area contributed by atoms with E-state index in [1.54, 1.807) is 31.2 Å². The van der Waals surface area contributed by atoms with Crippen LogP contribution in [0, 0.1) is 0 Å². The molecular weight excluding hydrogens is 352 g/mol. The number of nitrogens with one attached hydrogen (secondary N) is 2. The van der Waals surface area contributed by atoms with Crippen LogP contribution >= 0.6 is 0 Å². The van der Waals surface area contributed by atoms with Gasteiger partial charge in [0.15, 0.2) is 6.10 Å². The first kappa shape index (κ1) is 21.5. The number of ether oxygens (including phenoxy) is 1. The molecule has 0 aliphatic rings. The maximum absolute atomic E-state index is 12.7. The van der Waals surface area contributed by atoms with E-state index in [0.29, 0.717) is 29.5 Å². The molecule has 0 aromatic heterocycles. The molecule has 0 bridgehead atoms. The molecule has 28 heavy (non-hydrogen) atoms. The fourth-order valence-electron chi connectivity index (χ4n) is 2.81. The number of unbranched alkanes of at least 4 members (excludes halogenated alkanes) is 1. The summed E-state index contributed by atoms with van der Waals surface area (Å²) in [5.41, 5.74) is 1.98. The molecule has 0 radical (unpaired) electrons. The second kappa shape index (κ2) is 10.5. The summed E-state index contributed by atoms with van der Waals surface area (Å²) < 4.78 is 5.91. The van der Waals surface area contributed by atoms with Crippen LogP contribution in [0.2, 0.25) is 0 Å². The maximum Gasteiger partial charge on any atom is 0.265 e. The van der Waals surface area contributed by atoms with Crippen LogP contribution in [-0.4, -0.2) is 24.5 Å². The van der Waals surface area contributed by atoms with Crippen LogP contribution in [0.1, 0.15) is 62.4 Å². The Morgan fingerprint density at radius 3 is 2.39 bits per heavy atom. The zero-order valence-corrected chi connectivity index (χ0v) is 17.1. The van der Waals surface area contributed by atoms with Crippen molar-refractivity contribution < 1.29 is 14.3 Å². The van der Waals surface area contributed by atoms with Crippen LogP contribution in [0.15, 0.2) is 48.5 Å². The molecule has 2 rings (SSSR count). The summed E-state index contributed by atoms with van der Waals surface area (Å²) in [5.74, 6) is 0.500. The normalized spacial score (nSPS) is 11.8. The first-order valence-electron chi connectivity index (χ1n) is 9.87. The highest BCUT2D eigenvalue weighted by Crippen LogP contribution is 2.27. The van der Waals surface area contributed by atoms with Crippen molar-refractivity contribution in [1.82, 2.24) is 5.32 Å². The first-order chi connectivity index (χ1) is 13.4. The lowest BCUT2D eigenvalue weighted by Crippen LogP contribution is -2.32. The highest BCUT2D eigenvalue weighted by Gasteiger charge is 2.19. The van der Waals surface area contributed by atoms with Crippen molar-refractivity contribution in [3.8, 4) is 5.75 Å². The average molecular weight is 383 g/mol. The number of anilines is 1. The summed E-state index contributed by atoms with van der Waals surface area (Å²) in [4.78, 5) is 25.1. The van der Waals surface area contributed by atoms with E-state index in [1.165, 1.54) is 0 Å². The Morgan fingerprint density at radius 2 is 1.68 bits per heavy atom. The lowest BCUT2D eigenvalue weighted by atomic mass is 10.0. The molecule has 0 unspecified atom stereocenters. The quantitative estimate of drug-likeness (QED) is 0.615. The molecule has 0 fully saturated rings. The standard InChI is InChI=1S/C23H30N2O3/c1-5-6-15-24-23(27)19-12-7-9-13-20(19)25-22(26)17(4)28-21-14-10-8-11-18(21)16(2)3/h7-14,16-17H,5-6,15H2,1-4H3,(H,24,27)(H,25,26)/t17-/m0/s1. The van der Waals surface area contributed by atoms with Gasteiger partial charge in [-0.25, -0.2) is 0 Å². The minimum absolute atomic E-state index is 0.192. The van der Waals surface area contributed by atoms with Gasteiger partial charge in [0.1, 0.15) is 5.75 Å². The largest absolute Gasteiger partial charge is 0.481 e. The van der Waals surface area contributed by atoms with Crippen molar-refractivity contribution in [2.75, 3.05) is 11.9 Å². The van der Waals surface area contributed by atoms with Gasteiger partial charge in [0.2, 0.25) is 0 Å². The minimum Gasteiger partial charge on any atom is -0.481 e. The van der Waals surface area contributed by atoms with Gasteiger partial charge < -0.3 is 15.4 Å². The number of rotatable bonds is 9. The topological polar surface area (TPSA) is 67.4 Å². The maximum atomic E-state index is 12.7. The van der Waals surface area contributed by atoms with Crippen LogP contribution < -0.4 is 15.4 Å². The molecule has 2 aromatic carbocycles. The Kier molecular flexibility index (Phi) is 8.05. The predicted octanol–water partition coefficient (Wildman–Crippen LogP) is 4.75. The average Bonchev–Trinajstić information content (AvgIpc) is 2.68. The molecule has 150 valence electrons. The number of amides is 2. The van der Waals surface area contributed by atoms with Crippen LogP contribution in [0.3, 0.4) is 0 Å². The number of carbonyl (C=O) groups excluding carboxylic acids is 2. The lowest BCUT2D eigenvalue weighted by Gasteiger charge is -2.19. The Balaban J connectivity index is 2.08. The zero-order valence-electron chi connectivity index (χ0n) is 17.1. The SMILES string of the molecule is CCCCNC(=O)c1ccccc1NC(=O)[C@H](C)Oc1ccccc1C(C)C. The molecule has 0 saturated carbocycles. The summed E-state index contributed by atoms with van der Waals surface area (Å²) in [6.45, 7) is 8.55. The van der Waals surface area contributed by atoms with E-state index < -0.39 is 6.10 Å². The fourth-order valence-corrected chi connectivity index (χ4v) is 2.81. The van der Waals surface area contributed by atoms with Crippen LogP contribution in [0.4, 0.5) is 5.69 Å². The third-order valence-corrected chi connectivity index (χ3v) is 4.46. The number of para-hydroxylation sites is 2.